The van der Waals surface area contributed by atoms with Crippen molar-refractivity contribution in [3.63, 3.8) is 0 Å². The minimum Gasteiger partial charge on any atom is -0.458 e. The Labute approximate surface area is 373 Å². The molecule has 276 valence electrons. The van der Waals surface area contributed by atoms with Gasteiger partial charge in [0.05, 0.1) is 34.3 Å². The average Bonchev–Trinajstić information content (AvgIpc) is 3.82. The largest absolute Gasteiger partial charge is 0.458 e. The van der Waals surface area contributed by atoms with E-state index in [0.717, 1.165) is 36.9 Å². The van der Waals surface area contributed by atoms with Crippen molar-refractivity contribution >= 4 is 79.2 Å². The second-order valence-corrected chi connectivity index (χ2v) is 19.1. The zero-order valence-electron chi connectivity index (χ0n) is 47.8. The molecule has 0 saturated carbocycles. The molecule has 12 rings (SSSR count). The van der Waals surface area contributed by atoms with Crippen LogP contribution in [-0.4, -0.2) is 18.6 Å². The van der Waals surface area contributed by atoms with Crippen LogP contribution in [0.2, 0.25) is 0 Å². The van der Waals surface area contributed by atoms with Gasteiger partial charge in [-0.1, -0.05) is 170 Å². The first-order chi connectivity index (χ1) is 36.4. The quantitative estimate of drug-likeness (QED) is 0.123. The number of benzene rings is 9. The highest BCUT2D eigenvalue weighted by Crippen LogP contribution is 2.45. The molecule has 0 fully saturated rings. The monoisotopic (exact) mass is 802 g/mol. The molecule has 2 nitrogen and oxygen atoms in total. The Kier molecular flexibility index (Phi) is 4.93. The van der Waals surface area contributed by atoms with Gasteiger partial charge in [-0.15, -0.1) is 0 Å². The van der Waals surface area contributed by atoms with Crippen LogP contribution in [0.25, 0.3) is 49.7 Å². The van der Waals surface area contributed by atoms with E-state index in [4.69, 9.17) is 18.4 Å². The summed E-state index contributed by atoms with van der Waals surface area (Å²) in [4.78, 5) is -0.00290. The zero-order valence-corrected chi connectivity index (χ0v) is 32.6. The van der Waals surface area contributed by atoms with Gasteiger partial charge in [0.2, 0.25) is 0 Å². The maximum Gasteiger partial charge on any atom is 0.289 e. The predicted octanol–water partition coefficient (Wildman–Crippen LogP) is 9.81. The average molecular weight is 803 g/mol. The number of nitrogens with zero attached hydrogens (tertiary/aromatic N) is 1. The molecule has 0 spiro atoms. The van der Waals surface area contributed by atoms with Gasteiger partial charge in [-0.25, -0.2) is 0 Å². The topological polar surface area (TPSA) is 14.2 Å². The molecule has 0 unspecified atom stereocenters. The fourth-order valence-corrected chi connectivity index (χ4v) is 14.9. The second-order valence-electron chi connectivity index (χ2n) is 14.2. The molecule has 5 heteroatoms. The third-order valence-corrected chi connectivity index (χ3v) is 17.2. The van der Waals surface area contributed by atoms with E-state index >= 15 is 0 Å². The lowest BCUT2D eigenvalue weighted by Crippen LogP contribution is -2.75. The van der Waals surface area contributed by atoms with E-state index in [0.29, 0.717) is 5.56 Å². The number of rotatable bonds is 6. The lowest BCUT2D eigenvalue weighted by molar-refractivity contribution is 0.488. The number of aromatic nitrogens is 1. The third-order valence-electron chi connectivity index (χ3n) is 11.1. The summed E-state index contributed by atoms with van der Waals surface area (Å²) in [5, 5.41) is 3.16. The predicted molar refractivity (Wildman–Crippen MR) is 253 cm³/mol. The Morgan fingerprint density at radius 3 is 1.75 bits per heavy atom. The summed E-state index contributed by atoms with van der Waals surface area (Å²) in [6, 6.07) is 27.5. The Bertz CT molecular complexity index is 4050. The molecule has 0 N–H and O–H groups in total. The minimum absolute atomic E-state index is 0.00290. The van der Waals surface area contributed by atoms with Gasteiger partial charge in [0, 0.05) is 21.4 Å². The molecule has 0 saturated heterocycles. The van der Waals surface area contributed by atoms with E-state index < -0.39 is 110 Å². The SMILES string of the molecule is [2H]c1c([2H])c([2H])c2c(c1[2H])SB1c3c([2H])c(-n4c5c([2H])c([2H])c([2H])c([2H])c5c5c([2H])c([2H])c([2H])c([2H])c54)c([2H])c([2H])c3Oc3c([2H])c(-c4ccccc4[Si](c4ccccc4)(c4ccccc4)c4ccccc4)c([2H])c-2c31. The van der Waals surface area contributed by atoms with Crippen molar-refractivity contribution in [2.45, 2.75) is 4.90 Å². The molecule has 0 bridgehead atoms. The van der Waals surface area contributed by atoms with Gasteiger partial charge in [0.1, 0.15) is 11.5 Å². The van der Waals surface area contributed by atoms with Crippen LogP contribution in [0, 0.1) is 0 Å². The van der Waals surface area contributed by atoms with Gasteiger partial charge >= 0.3 is 0 Å². The maximum atomic E-state index is 10.5. The van der Waals surface area contributed by atoms with Gasteiger partial charge < -0.3 is 9.30 Å². The van der Waals surface area contributed by atoms with Crippen LogP contribution in [0.1, 0.15) is 23.3 Å². The van der Waals surface area contributed by atoms with E-state index in [1.807, 2.05) is 72.8 Å². The van der Waals surface area contributed by atoms with E-state index in [2.05, 4.69) is 36.4 Å². The second kappa shape index (κ2) is 13.7. The molecule has 2 aliphatic heterocycles. The first kappa shape index (κ1) is 21.3. The number of hydrogen-bond acceptors (Lipinski definition) is 2. The van der Waals surface area contributed by atoms with E-state index in [-0.39, 0.29) is 77.9 Å². The molecule has 1 aromatic heterocycles. The molecule has 0 amide bonds. The Morgan fingerprint density at radius 2 is 1.08 bits per heavy atom. The smallest absolute Gasteiger partial charge is 0.289 e. The van der Waals surface area contributed by atoms with Crippen molar-refractivity contribution < 1.29 is 28.0 Å². The van der Waals surface area contributed by atoms with Gasteiger partial charge in [-0.05, 0) is 102 Å². The number of para-hydroxylation sites is 2. The van der Waals surface area contributed by atoms with Gasteiger partial charge in [0.25, 0.3) is 5.99 Å². The standard InChI is InChI=1S/C54H36BNOSSi/c1-4-18-39(19-5-1)59(40-20-6-2-7-21-40,41-22-8-3-9-23-41)53-31-17-13-24-42(53)37-34-46-45-27-12-16-30-52(45)58-55-47-36-38(32-33-50(47)57-51(35-37)54(46)55)56-48-28-14-10-25-43(48)44-26-11-15-29-49(44)56/h1-36H/i10D,11D,12D,14D,15D,16D,25D,26D,27D,28D,29D,30D,32D,33D,34D,35D,36D. The summed E-state index contributed by atoms with van der Waals surface area (Å²) in [6.45, 7) is 0. The van der Waals surface area contributed by atoms with Crippen molar-refractivity contribution in [3.05, 3.63) is 218 Å². The molecule has 10 aromatic rings. The summed E-state index contributed by atoms with van der Waals surface area (Å²) in [7, 11) is -3.44. The summed E-state index contributed by atoms with van der Waals surface area (Å²) >= 11 is 0.884. The highest BCUT2D eigenvalue weighted by Gasteiger charge is 2.44. The van der Waals surface area contributed by atoms with Crippen LogP contribution < -0.4 is 36.4 Å². The highest BCUT2D eigenvalue weighted by atomic mass is 32.2. The van der Waals surface area contributed by atoms with Crippen LogP contribution in [0.15, 0.2) is 223 Å². The zero-order chi connectivity index (χ0) is 53.7. The number of hydrogen-bond donors (Lipinski definition) is 0. The first-order valence-corrected chi connectivity index (χ1v) is 21.8. The van der Waals surface area contributed by atoms with Crippen LogP contribution in [0.4, 0.5) is 0 Å². The van der Waals surface area contributed by atoms with E-state index in [1.54, 1.807) is 6.07 Å². The van der Waals surface area contributed by atoms with Crippen LogP contribution in [0.3, 0.4) is 0 Å². The van der Waals surface area contributed by atoms with Crippen LogP contribution >= 0.6 is 11.6 Å². The van der Waals surface area contributed by atoms with Gasteiger partial charge in [-0.2, -0.15) is 11.6 Å². The fourth-order valence-electron chi connectivity index (χ4n) is 8.71. The van der Waals surface area contributed by atoms with Crippen molar-refractivity contribution in [1.82, 2.24) is 4.57 Å². The molecular formula is C54H36BNOSSi. The van der Waals surface area contributed by atoms with E-state index in [9.17, 15) is 9.60 Å². The lowest BCUT2D eigenvalue weighted by Gasteiger charge is -2.36. The molecule has 2 aliphatic rings. The number of ether oxygens (including phenoxy) is 1. The Hall–Kier alpha value is -6.79. The molecule has 9 aromatic carbocycles. The summed E-state index contributed by atoms with van der Waals surface area (Å²) in [6.07, 6.45) is 0. The highest BCUT2D eigenvalue weighted by molar-refractivity contribution is 8.28. The molecule has 0 aliphatic carbocycles. The lowest BCUT2D eigenvalue weighted by atomic mass is 9.57. The minimum atomic E-state index is -3.44. The van der Waals surface area contributed by atoms with Crippen LogP contribution in [0.5, 0.6) is 11.5 Å². The normalized spacial score (nSPS) is 16.8. The number of fused-ring (bicyclic) bond motifs is 7. The maximum absolute atomic E-state index is 10.5. The molecular weight excluding hydrogens is 750 g/mol. The summed E-state index contributed by atoms with van der Waals surface area (Å²) < 4.78 is 165. The first-order valence-electron chi connectivity index (χ1n) is 27.4. The van der Waals surface area contributed by atoms with Crippen molar-refractivity contribution in [2.75, 3.05) is 0 Å². The Balaban J connectivity index is 1.21. The third kappa shape index (κ3) is 5.22. The van der Waals surface area contributed by atoms with Crippen molar-refractivity contribution in [2.24, 2.45) is 0 Å². The summed E-state index contributed by atoms with van der Waals surface area (Å²) in [5.74, 6) is -1.82. The summed E-state index contributed by atoms with van der Waals surface area (Å²) in [5.41, 5.74) is -0.834. The fraction of sp³-hybridized carbons (Fsp3) is 0. The molecule has 0 radical (unpaired) electrons. The van der Waals surface area contributed by atoms with E-state index in [1.165, 1.54) is 0 Å². The molecule has 0 atom stereocenters. The van der Waals surface area contributed by atoms with Crippen LogP contribution in [-0.2, 0) is 0 Å². The van der Waals surface area contributed by atoms with Crippen molar-refractivity contribution in [3.8, 4) is 39.4 Å². The van der Waals surface area contributed by atoms with Gasteiger partial charge in [-0.3, -0.25) is 0 Å². The van der Waals surface area contributed by atoms with Crippen molar-refractivity contribution in [1.29, 1.82) is 0 Å². The Morgan fingerprint density at radius 1 is 0.508 bits per heavy atom. The molecule has 59 heavy (non-hydrogen) atoms. The van der Waals surface area contributed by atoms with Gasteiger partial charge in [0.15, 0.2) is 8.07 Å². The molecule has 3 heterocycles.